The summed E-state index contributed by atoms with van der Waals surface area (Å²) in [6, 6.07) is 17.7. The molecule has 1 atom stereocenters. The minimum Gasteiger partial charge on any atom is -0.277 e. The highest BCUT2D eigenvalue weighted by Gasteiger charge is 2.25. The van der Waals surface area contributed by atoms with Crippen molar-refractivity contribution in [2.24, 2.45) is 0 Å². The Morgan fingerprint density at radius 3 is 2.77 bits per heavy atom. The average Bonchev–Trinajstić information content (AvgIpc) is 3.03. The average molecular weight is 310 g/mol. The van der Waals surface area contributed by atoms with Crippen LogP contribution in [-0.4, -0.2) is 25.6 Å². The zero-order chi connectivity index (χ0) is 14.8. The fourth-order valence-corrected chi connectivity index (χ4v) is 4.34. The highest BCUT2D eigenvalue weighted by Crippen LogP contribution is 2.40. The van der Waals surface area contributed by atoms with E-state index in [9.17, 15) is 0 Å². The van der Waals surface area contributed by atoms with Crippen LogP contribution in [0, 0.1) is 0 Å². The fraction of sp³-hybridized carbons (Fsp3) is 0.278. The van der Waals surface area contributed by atoms with E-state index >= 15 is 0 Å². The van der Waals surface area contributed by atoms with Crippen molar-refractivity contribution in [3.8, 4) is 0 Å². The Hall–Kier alpha value is -1.94. The molecule has 112 valence electrons. The molecule has 2 aliphatic heterocycles. The van der Waals surface area contributed by atoms with Gasteiger partial charge in [0.1, 0.15) is 0 Å². The molecule has 0 aliphatic carbocycles. The number of nitrogens with one attached hydrogen (secondary N) is 3. The number of thioether (sulfide) groups is 1. The van der Waals surface area contributed by atoms with E-state index in [4.69, 9.17) is 0 Å². The summed E-state index contributed by atoms with van der Waals surface area (Å²) in [5.74, 6) is 2.50. The van der Waals surface area contributed by atoms with Gasteiger partial charge in [0.05, 0.1) is 19.6 Å². The second-order valence-corrected chi connectivity index (χ2v) is 6.70. The molecule has 0 unspecified atom stereocenters. The number of hydrogen-bond acceptors (Lipinski definition) is 3. The van der Waals surface area contributed by atoms with Gasteiger partial charge in [0.15, 0.2) is 0 Å². The van der Waals surface area contributed by atoms with Gasteiger partial charge in [-0.25, -0.2) is 0 Å². The summed E-state index contributed by atoms with van der Waals surface area (Å²) in [5.41, 5.74) is 4.34. The van der Waals surface area contributed by atoms with Crippen molar-refractivity contribution in [2.45, 2.75) is 16.6 Å². The molecule has 3 N–H and O–H groups in total. The van der Waals surface area contributed by atoms with E-state index in [1.54, 1.807) is 0 Å². The van der Waals surface area contributed by atoms with Crippen molar-refractivity contribution >= 4 is 17.7 Å². The lowest BCUT2D eigenvalue weighted by molar-refractivity contribution is -0.446. The molecule has 0 aromatic heterocycles. The molecule has 4 rings (SSSR count). The van der Waals surface area contributed by atoms with Crippen LogP contribution in [0.2, 0.25) is 0 Å². The third kappa shape index (κ3) is 2.59. The summed E-state index contributed by atoms with van der Waals surface area (Å²) < 4.78 is 0. The summed E-state index contributed by atoms with van der Waals surface area (Å²) in [5, 5.41) is 6.90. The molecule has 0 saturated carbocycles. The number of guanidine groups is 1. The first-order valence-corrected chi connectivity index (χ1v) is 8.78. The molecular weight excluding hydrogens is 290 g/mol. The standard InChI is InChI=1S/C18H19N3S/c1-2-6-14-13(5-1)12-22-17-8-4-3-7-15(17)16(14)11-21-18-19-9-10-20-18/h1-8,16H,9-12H2,(H2,19,20,21)/p+1/t16-/m1/s1. The third-order valence-corrected chi connectivity index (χ3v) is 5.46. The SMILES string of the molecule is c1ccc2c(c1)CSc1ccccc1[C@@H]2CNC1=[NH+]CCN1. The Labute approximate surface area is 135 Å². The smallest absolute Gasteiger partial charge is 0.277 e. The quantitative estimate of drug-likeness (QED) is 0.776. The summed E-state index contributed by atoms with van der Waals surface area (Å²) >= 11 is 1.95. The maximum Gasteiger partial charge on any atom is 0.343 e. The lowest BCUT2D eigenvalue weighted by Gasteiger charge is -2.18. The highest BCUT2D eigenvalue weighted by atomic mass is 32.2. The normalized spacial score (nSPS) is 19.5. The van der Waals surface area contributed by atoms with Gasteiger partial charge in [-0.05, 0) is 22.8 Å². The van der Waals surface area contributed by atoms with E-state index in [1.165, 1.54) is 21.6 Å². The molecule has 0 bridgehead atoms. The van der Waals surface area contributed by atoms with Crippen molar-refractivity contribution in [1.29, 1.82) is 0 Å². The van der Waals surface area contributed by atoms with Gasteiger partial charge in [-0.2, -0.15) is 0 Å². The largest absolute Gasteiger partial charge is 0.343 e. The van der Waals surface area contributed by atoms with E-state index in [0.29, 0.717) is 5.92 Å². The van der Waals surface area contributed by atoms with Gasteiger partial charge in [0, 0.05) is 16.6 Å². The monoisotopic (exact) mass is 310 g/mol. The van der Waals surface area contributed by atoms with Crippen LogP contribution in [0.5, 0.6) is 0 Å². The van der Waals surface area contributed by atoms with Gasteiger partial charge in [-0.1, -0.05) is 42.5 Å². The van der Waals surface area contributed by atoms with Crippen molar-refractivity contribution < 1.29 is 4.99 Å². The number of hydrogen-bond donors (Lipinski definition) is 3. The Balaban J connectivity index is 1.70. The molecule has 2 heterocycles. The van der Waals surface area contributed by atoms with E-state index in [2.05, 4.69) is 64.2 Å². The summed E-state index contributed by atoms with van der Waals surface area (Å²) in [6.07, 6.45) is 0. The predicted molar refractivity (Wildman–Crippen MR) is 91.1 cm³/mol. The summed E-state index contributed by atoms with van der Waals surface area (Å²) in [7, 11) is 0. The van der Waals surface area contributed by atoms with Gasteiger partial charge in [-0.15, -0.1) is 11.8 Å². The van der Waals surface area contributed by atoms with E-state index in [0.717, 1.165) is 31.3 Å². The van der Waals surface area contributed by atoms with Crippen molar-refractivity contribution in [1.82, 2.24) is 10.6 Å². The second-order valence-electron chi connectivity index (χ2n) is 5.69. The van der Waals surface area contributed by atoms with Crippen LogP contribution >= 0.6 is 11.8 Å². The highest BCUT2D eigenvalue weighted by molar-refractivity contribution is 7.98. The molecule has 2 aliphatic rings. The Kier molecular flexibility index (Phi) is 3.77. The van der Waals surface area contributed by atoms with Crippen LogP contribution in [0.1, 0.15) is 22.6 Å². The van der Waals surface area contributed by atoms with E-state index in [-0.39, 0.29) is 0 Å². The molecule has 2 aromatic rings. The zero-order valence-corrected chi connectivity index (χ0v) is 13.2. The molecule has 4 heteroatoms. The lowest BCUT2D eigenvalue weighted by Crippen LogP contribution is -2.74. The Bertz CT molecular complexity index is 663. The Morgan fingerprint density at radius 1 is 1.09 bits per heavy atom. The minimum absolute atomic E-state index is 0.388. The zero-order valence-electron chi connectivity index (χ0n) is 12.4. The van der Waals surface area contributed by atoms with Crippen molar-refractivity contribution in [3.05, 3.63) is 65.2 Å². The van der Waals surface area contributed by atoms with Crippen LogP contribution in [0.25, 0.3) is 0 Å². The number of rotatable bonds is 2. The van der Waals surface area contributed by atoms with Gasteiger partial charge in [0.2, 0.25) is 0 Å². The van der Waals surface area contributed by atoms with Gasteiger partial charge in [0.25, 0.3) is 0 Å². The van der Waals surface area contributed by atoms with E-state index in [1.807, 2.05) is 11.8 Å². The lowest BCUT2D eigenvalue weighted by atomic mass is 9.88. The Morgan fingerprint density at radius 2 is 1.91 bits per heavy atom. The van der Waals surface area contributed by atoms with Crippen molar-refractivity contribution in [2.75, 3.05) is 19.6 Å². The maximum atomic E-state index is 3.55. The molecule has 0 radical (unpaired) electrons. The molecule has 0 saturated heterocycles. The summed E-state index contributed by atoms with van der Waals surface area (Å²) in [6.45, 7) is 2.90. The molecule has 0 spiro atoms. The van der Waals surface area contributed by atoms with Crippen LogP contribution in [0.4, 0.5) is 0 Å². The van der Waals surface area contributed by atoms with Crippen molar-refractivity contribution in [3.63, 3.8) is 0 Å². The first kappa shape index (κ1) is 13.7. The second kappa shape index (κ2) is 6.05. The minimum atomic E-state index is 0.388. The summed E-state index contributed by atoms with van der Waals surface area (Å²) in [4.78, 5) is 4.75. The van der Waals surface area contributed by atoms with Crippen LogP contribution in [0.3, 0.4) is 0 Å². The first-order chi connectivity index (χ1) is 10.9. The first-order valence-electron chi connectivity index (χ1n) is 7.80. The van der Waals surface area contributed by atoms with Crippen LogP contribution < -0.4 is 15.6 Å². The van der Waals surface area contributed by atoms with Gasteiger partial charge in [-0.3, -0.25) is 15.6 Å². The van der Waals surface area contributed by atoms with Crippen LogP contribution in [0.15, 0.2) is 53.4 Å². The molecule has 0 fully saturated rings. The molecule has 3 nitrogen and oxygen atoms in total. The number of benzene rings is 2. The predicted octanol–water partition coefficient (Wildman–Crippen LogP) is 1.05. The molecule has 0 amide bonds. The van der Waals surface area contributed by atoms with E-state index < -0.39 is 0 Å². The third-order valence-electron chi connectivity index (χ3n) is 4.32. The van der Waals surface area contributed by atoms with Gasteiger partial charge < -0.3 is 0 Å². The maximum absolute atomic E-state index is 3.55. The molecule has 22 heavy (non-hydrogen) atoms. The van der Waals surface area contributed by atoms with Gasteiger partial charge >= 0.3 is 5.96 Å². The van der Waals surface area contributed by atoms with Crippen LogP contribution in [-0.2, 0) is 5.75 Å². The topological polar surface area (TPSA) is 38.0 Å². The fourth-order valence-electron chi connectivity index (χ4n) is 3.22. The molecular formula is C18H20N3S+. The number of fused-ring (bicyclic) bond motifs is 2. The molecule has 2 aromatic carbocycles.